The number of carbonyl (C=O) groups excluding carboxylic acids is 1. The molecule has 0 aromatic heterocycles. The Morgan fingerprint density at radius 1 is 1.36 bits per heavy atom. The molecule has 0 aromatic rings. The van der Waals surface area contributed by atoms with Gasteiger partial charge in [0, 0.05) is 19.5 Å². The second kappa shape index (κ2) is 6.02. The maximum Gasteiger partial charge on any atom is 0.222 e. The van der Waals surface area contributed by atoms with E-state index >= 15 is 0 Å². The Balaban J connectivity index is 2.20. The first-order valence-electron chi connectivity index (χ1n) is 5.76. The minimum absolute atomic E-state index is 0.312. The summed E-state index contributed by atoms with van der Waals surface area (Å²) in [5.74, 6) is 1.09. The molecular formula is C11H22N2O. The maximum atomic E-state index is 11.4. The van der Waals surface area contributed by atoms with Crippen molar-refractivity contribution in [2.24, 2.45) is 5.92 Å². The van der Waals surface area contributed by atoms with E-state index in [1.165, 1.54) is 12.8 Å². The number of amides is 1. The standard InChI is InChI=1S/C11H22N2O/c1-3-11(14)13-7-5-10(6-8-13)9-12-4-2/h10,12H,3-9H2,1-2H3. The molecular weight excluding hydrogens is 176 g/mol. The topological polar surface area (TPSA) is 32.3 Å². The van der Waals surface area contributed by atoms with E-state index in [0.717, 1.165) is 32.1 Å². The molecule has 0 aliphatic carbocycles. The molecule has 0 atom stereocenters. The van der Waals surface area contributed by atoms with Crippen molar-refractivity contribution in [2.75, 3.05) is 26.2 Å². The van der Waals surface area contributed by atoms with Gasteiger partial charge in [0.2, 0.25) is 5.91 Å². The van der Waals surface area contributed by atoms with E-state index in [2.05, 4.69) is 12.2 Å². The molecule has 3 nitrogen and oxygen atoms in total. The molecule has 0 unspecified atom stereocenters. The van der Waals surface area contributed by atoms with Crippen LogP contribution in [0.25, 0.3) is 0 Å². The second-order valence-corrected chi connectivity index (χ2v) is 3.99. The molecule has 1 saturated heterocycles. The number of hydrogen-bond acceptors (Lipinski definition) is 2. The second-order valence-electron chi connectivity index (χ2n) is 3.99. The highest BCUT2D eigenvalue weighted by Crippen LogP contribution is 2.16. The summed E-state index contributed by atoms with van der Waals surface area (Å²) < 4.78 is 0. The fraction of sp³-hybridized carbons (Fsp3) is 0.909. The van der Waals surface area contributed by atoms with Gasteiger partial charge in [0.25, 0.3) is 0 Å². The molecule has 1 rings (SSSR count). The summed E-state index contributed by atoms with van der Waals surface area (Å²) in [6.45, 7) is 8.16. The zero-order chi connectivity index (χ0) is 10.4. The smallest absolute Gasteiger partial charge is 0.222 e. The highest BCUT2D eigenvalue weighted by atomic mass is 16.2. The van der Waals surface area contributed by atoms with Crippen molar-refractivity contribution in [3.05, 3.63) is 0 Å². The molecule has 1 amide bonds. The molecule has 0 saturated carbocycles. The molecule has 14 heavy (non-hydrogen) atoms. The minimum atomic E-state index is 0.312. The number of hydrogen-bond donors (Lipinski definition) is 1. The predicted octanol–water partition coefficient (Wildman–Crippen LogP) is 1.24. The van der Waals surface area contributed by atoms with Crippen LogP contribution in [0.1, 0.15) is 33.1 Å². The first-order valence-corrected chi connectivity index (χ1v) is 5.76. The molecule has 1 fully saturated rings. The van der Waals surface area contributed by atoms with Crippen LogP contribution in [0.15, 0.2) is 0 Å². The van der Waals surface area contributed by atoms with Gasteiger partial charge in [-0.05, 0) is 31.8 Å². The molecule has 0 bridgehead atoms. The highest BCUT2D eigenvalue weighted by molar-refractivity contribution is 5.75. The van der Waals surface area contributed by atoms with Crippen LogP contribution >= 0.6 is 0 Å². The summed E-state index contributed by atoms with van der Waals surface area (Å²) in [5, 5.41) is 3.37. The monoisotopic (exact) mass is 198 g/mol. The minimum Gasteiger partial charge on any atom is -0.343 e. The van der Waals surface area contributed by atoms with Crippen LogP contribution in [0.4, 0.5) is 0 Å². The van der Waals surface area contributed by atoms with Gasteiger partial charge in [-0.25, -0.2) is 0 Å². The van der Waals surface area contributed by atoms with Gasteiger partial charge < -0.3 is 10.2 Å². The SMILES string of the molecule is CCNCC1CCN(C(=O)CC)CC1. The summed E-state index contributed by atoms with van der Waals surface area (Å²) in [5.41, 5.74) is 0. The predicted molar refractivity (Wildman–Crippen MR) is 58.1 cm³/mol. The lowest BCUT2D eigenvalue weighted by Gasteiger charge is -2.31. The number of piperidine rings is 1. The van der Waals surface area contributed by atoms with Crippen molar-refractivity contribution in [3.8, 4) is 0 Å². The van der Waals surface area contributed by atoms with E-state index in [0.29, 0.717) is 12.3 Å². The summed E-state index contributed by atoms with van der Waals surface area (Å²) in [7, 11) is 0. The van der Waals surface area contributed by atoms with E-state index in [1.54, 1.807) is 0 Å². The van der Waals surface area contributed by atoms with Gasteiger partial charge in [-0.1, -0.05) is 13.8 Å². The molecule has 0 aromatic carbocycles. The van der Waals surface area contributed by atoms with E-state index < -0.39 is 0 Å². The number of nitrogens with zero attached hydrogens (tertiary/aromatic N) is 1. The Labute approximate surface area is 86.9 Å². The third kappa shape index (κ3) is 3.29. The molecule has 0 spiro atoms. The Morgan fingerprint density at radius 3 is 2.50 bits per heavy atom. The maximum absolute atomic E-state index is 11.4. The fourth-order valence-electron chi connectivity index (χ4n) is 1.96. The Morgan fingerprint density at radius 2 is 2.00 bits per heavy atom. The number of nitrogens with one attached hydrogen (secondary N) is 1. The molecule has 3 heteroatoms. The lowest BCUT2D eigenvalue weighted by Crippen LogP contribution is -2.40. The molecule has 82 valence electrons. The van der Waals surface area contributed by atoms with Crippen LogP contribution in [0.2, 0.25) is 0 Å². The quantitative estimate of drug-likeness (QED) is 0.737. The Bertz CT molecular complexity index is 174. The van der Waals surface area contributed by atoms with Crippen LogP contribution in [0.5, 0.6) is 0 Å². The fourth-order valence-corrected chi connectivity index (χ4v) is 1.96. The normalized spacial score (nSPS) is 18.6. The van der Waals surface area contributed by atoms with Gasteiger partial charge in [-0.2, -0.15) is 0 Å². The van der Waals surface area contributed by atoms with Gasteiger partial charge in [0.15, 0.2) is 0 Å². The van der Waals surface area contributed by atoms with E-state index in [1.807, 2.05) is 11.8 Å². The average molecular weight is 198 g/mol. The van der Waals surface area contributed by atoms with Gasteiger partial charge in [-0.15, -0.1) is 0 Å². The number of likely N-dealkylation sites (tertiary alicyclic amines) is 1. The Hall–Kier alpha value is -0.570. The van der Waals surface area contributed by atoms with E-state index in [-0.39, 0.29) is 0 Å². The zero-order valence-electron chi connectivity index (χ0n) is 9.38. The summed E-state index contributed by atoms with van der Waals surface area (Å²) in [6, 6.07) is 0. The molecule has 1 N–H and O–H groups in total. The van der Waals surface area contributed by atoms with Crippen LogP contribution in [-0.2, 0) is 4.79 Å². The molecule has 0 radical (unpaired) electrons. The van der Waals surface area contributed by atoms with Crippen LogP contribution < -0.4 is 5.32 Å². The number of carbonyl (C=O) groups is 1. The zero-order valence-corrected chi connectivity index (χ0v) is 9.38. The largest absolute Gasteiger partial charge is 0.343 e. The van der Waals surface area contributed by atoms with Crippen molar-refractivity contribution < 1.29 is 4.79 Å². The molecule has 1 aliphatic rings. The highest BCUT2D eigenvalue weighted by Gasteiger charge is 2.20. The summed E-state index contributed by atoms with van der Waals surface area (Å²) >= 11 is 0. The molecule has 1 aliphatic heterocycles. The third-order valence-electron chi connectivity index (χ3n) is 2.95. The lowest BCUT2D eigenvalue weighted by molar-refractivity contribution is -0.132. The van der Waals surface area contributed by atoms with Gasteiger partial charge in [0.05, 0.1) is 0 Å². The summed E-state index contributed by atoms with van der Waals surface area (Å²) in [4.78, 5) is 13.4. The van der Waals surface area contributed by atoms with Crippen molar-refractivity contribution >= 4 is 5.91 Å². The van der Waals surface area contributed by atoms with Gasteiger partial charge >= 0.3 is 0 Å². The third-order valence-corrected chi connectivity index (χ3v) is 2.95. The lowest BCUT2D eigenvalue weighted by atomic mass is 9.96. The van der Waals surface area contributed by atoms with Gasteiger partial charge in [-0.3, -0.25) is 4.79 Å². The van der Waals surface area contributed by atoms with Crippen molar-refractivity contribution in [1.82, 2.24) is 10.2 Å². The van der Waals surface area contributed by atoms with Crippen molar-refractivity contribution in [1.29, 1.82) is 0 Å². The first-order chi connectivity index (χ1) is 6.77. The van der Waals surface area contributed by atoms with E-state index in [4.69, 9.17) is 0 Å². The first kappa shape index (κ1) is 11.5. The number of rotatable bonds is 4. The van der Waals surface area contributed by atoms with Crippen LogP contribution in [0, 0.1) is 5.92 Å². The van der Waals surface area contributed by atoms with Crippen LogP contribution in [-0.4, -0.2) is 37.0 Å². The summed E-state index contributed by atoms with van der Waals surface area (Å²) in [6.07, 6.45) is 2.98. The van der Waals surface area contributed by atoms with Gasteiger partial charge in [0.1, 0.15) is 0 Å². The molecule has 1 heterocycles. The van der Waals surface area contributed by atoms with Crippen LogP contribution in [0.3, 0.4) is 0 Å². The Kier molecular flexibility index (Phi) is 4.94. The average Bonchev–Trinajstić information content (AvgIpc) is 2.26. The van der Waals surface area contributed by atoms with E-state index in [9.17, 15) is 4.79 Å². The van der Waals surface area contributed by atoms with Crippen molar-refractivity contribution in [3.63, 3.8) is 0 Å². The van der Waals surface area contributed by atoms with Crippen molar-refractivity contribution in [2.45, 2.75) is 33.1 Å².